The van der Waals surface area contributed by atoms with E-state index in [1.165, 1.54) is 11.3 Å². The van der Waals surface area contributed by atoms with Crippen LogP contribution in [-0.4, -0.2) is 32.0 Å². The van der Waals surface area contributed by atoms with E-state index >= 15 is 0 Å². The second-order valence-corrected chi connectivity index (χ2v) is 7.19. The van der Waals surface area contributed by atoms with Gasteiger partial charge in [-0.3, -0.25) is 14.2 Å². The van der Waals surface area contributed by atoms with Gasteiger partial charge in [-0.1, -0.05) is 30.3 Å². The number of carbonyl (C=O) groups excluding carboxylic acids is 1. The molecule has 0 saturated carbocycles. The largest absolute Gasteiger partial charge is 0.352 e. The van der Waals surface area contributed by atoms with Gasteiger partial charge in [-0.15, -0.1) is 12.4 Å². The van der Waals surface area contributed by atoms with Gasteiger partial charge in [-0.25, -0.2) is 0 Å². The SMILES string of the molecule is Cl.O=C(CCc1cc2n(n1)CCCNC2)NCc1cnn(Cc2ccccc2)c1. The Hall–Kier alpha value is -2.64. The van der Waals surface area contributed by atoms with Crippen molar-refractivity contribution >= 4 is 18.3 Å². The van der Waals surface area contributed by atoms with Crippen LogP contribution in [0.25, 0.3) is 0 Å². The summed E-state index contributed by atoms with van der Waals surface area (Å²) in [5, 5.41) is 15.4. The number of halogens is 1. The number of aromatic nitrogens is 4. The number of hydrogen-bond donors (Lipinski definition) is 2. The quantitative estimate of drug-likeness (QED) is 0.622. The summed E-state index contributed by atoms with van der Waals surface area (Å²) in [6, 6.07) is 12.3. The maximum atomic E-state index is 12.2. The van der Waals surface area contributed by atoms with E-state index in [-0.39, 0.29) is 18.3 Å². The lowest BCUT2D eigenvalue weighted by Gasteiger charge is -2.03. The zero-order valence-corrected chi connectivity index (χ0v) is 17.2. The van der Waals surface area contributed by atoms with Crippen LogP contribution in [0.4, 0.5) is 0 Å². The van der Waals surface area contributed by atoms with Crippen molar-refractivity contribution in [3.05, 3.63) is 71.3 Å². The molecule has 8 heteroatoms. The highest BCUT2D eigenvalue weighted by molar-refractivity contribution is 5.85. The summed E-state index contributed by atoms with van der Waals surface area (Å²) in [4.78, 5) is 12.2. The number of rotatable bonds is 7. The molecule has 7 nitrogen and oxygen atoms in total. The summed E-state index contributed by atoms with van der Waals surface area (Å²) in [5.74, 6) is 0.0390. The first kappa shape index (κ1) is 21.1. The fourth-order valence-electron chi connectivity index (χ4n) is 3.43. The summed E-state index contributed by atoms with van der Waals surface area (Å²) in [5.41, 5.74) is 4.40. The molecule has 2 N–H and O–H groups in total. The highest BCUT2D eigenvalue weighted by Gasteiger charge is 2.12. The molecule has 0 aliphatic carbocycles. The number of aryl methyl sites for hydroxylation is 2. The number of amides is 1. The van der Waals surface area contributed by atoms with Gasteiger partial charge in [0.05, 0.1) is 24.1 Å². The van der Waals surface area contributed by atoms with E-state index in [2.05, 4.69) is 43.7 Å². The molecule has 3 heterocycles. The maximum absolute atomic E-state index is 12.2. The molecule has 1 aliphatic rings. The zero-order valence-electron chi connectivity index (χ0n) is 16.4. The van der Waals surface area contributed by atoms with Gasteiger partial charge >= 0.3 is 0 Å². The topological polar surface area (TPSA) is 76.8 Å². The fourth-order valence-corrected chi connectivity index (χ4v) is 3.43. The molecule has 0 bridgehead atoms. The van der Waals surface area contributed by atoms with Crippen LogP contribution >= 0.6 is 12.4 Å². The molecule has 0 spiro atoms. The summed E-state index contributed by atoms with van der Waals surface area (Å²) in [6.45, 7) is 4.06. The van der Waals surface area contributed by atoms with E-state index in [1.54, 1.807) is 0 Å². The van der Waals surface area contributed by atoms with E-state index in [1.807, 2.05) is 35.3 Å². The molecule has 0 radical (unpaired) electrons. The van der Waals surface area contributed by atoms with Gasteiger partial charge in [-0.05, 0) is 24.6 Å². The van der Waals surface area contributed by atoms with Crippen molar-refractivity contribution in [1.82, 2.24) is 30.2 Å². The fraction of sp³-hybridized carbons (Fsp3) is 0.381. The molecule has 1 aromatic carbocycles. The Morgan fingerprint density at radius 2 is 2.07 bits per heavy atom. The minimum atomic E-state index is 0. The summed E-state index contributed by atoms with van der Waals surface area (Å²) in [6.07, 6.45) is 5.99. The molecule has 154 valence electrons. The van der Waals surface area contributed by atoms with Crippen molar-refractivity contribution in [2.75, 3.05) is 6.54 Å². The number of nitrogens with zero attached hydrogens (tertiary/aromatic N) is 4. The third kappa shape index (κ3) is 5.92. The highest BCUT2D eigenvalue weighted by atomic mass is 35.5. The van der Waals surface area contributed by atoms with Crippen LogP contribution in [0, 0.1) is 0 Å². The van der Waals surface area contributed by atoms with Gasteiger partial charge < -0.3 is 10.6 Å². The van der Waals surface area contributed by atoms with Crippen molar-refractivity contribution in [2.24, 2.45) is 0 Å². The zero-order chi connectivity index (χ0) is 19.2. The van der Waals surface area contributed by atoms with E-state index in [4.69, 9.17) is 0 Å². The number of hydrogen-bond acceptors (Lipinski definition) is 4. The third-order valence-electron chi connectivity index (χ3n) is 4.92. The van der Waals surface area contributed by atoms with Crippen LogP contribution < -0.4 is 10.6 Å². The first-order valence-electron chi connectivity index (χ1n) is 9.84. The Morgan fingerprint density at radius 1 is 1.21 bits per heavy atom. The van der Waals surface area contributed by atoms with Crippen molar-refractivity contribution in [3.63, 3.8) is 0 Å². The van der Waals surface area contributed by atoms with Crippen molar-refractivity contribution in [3.8, 4) is 0 Å². The van der Waals surface area contributed by atoms with Crippen LogP contribution in [0.1, 0.15) is 35.4 Å². The molecule has 3 aromatic rings. The Balaban J connectivity index is 0.00000240. The Bertz CT molecular complexity index is 897. The molecular weight excluding hydrogens is 388 g/mol. The highest BCUT2D eigenvalue weighted by Crippen LogP contribution is 2.10. The minimum Gasteiger partial charge on any atom is -0.352 e. The summed E-state index contributed by atoms with van der Waals surface area (Å²) >= 11 is 0. The maximum Gasteiger partial charge on any atom is 0.220 e. The third-order valence-corrected chi connectivity index (χ3v) is 4.92. The molecular formula is C21H27ClN6O. The molecule has 1 amide bonds. The smallest absolute Gasteiger partial charge is 0.220 e. The monoisotopic (exact) mass is 414 g/mol. The Kier molecular flexibility index (Phi) is 7.43. The van der Waals surface area contributed by atoms with Crippen molar-refractivity contribution in [2.45, 2.75) is 45.4 Å². The van der Waals surface area contributed by atoms with E-state index < -0.39 is 0 Å². The first-order chi connectivity index (χ1) is 13.8. The predicted molar refractivity (Wildman–Crippen MR) is 114 cm³/mol. The van der Waals surface area contributed by atoms with Crippen LogP contribution in [-0.2, 0) is 37.4 Å². The van der Waals surface area contributed by atoms with E-state index in [0.717, 1.165) is 43.9 Å². The first-order valence-corrected chi connectivity index (χ1v) is 9.84. The Labute approximate surface area is 176 Å². The second kappa shape index (κ2) is 10.2. The molecule has 0 unspecified atom stereocenters. The molecule has 1 aliphatic heterocycles. The van der Waals surface area contributed by atoms with Gasteiger partial charge in [0, 0.05) is 44.2 Å². The summed E-state index contributed by atoms with van der Waals surface area (Å²) in [7, 11) is 0. The average molecular weight is 415 g/mol. The average Bonchev–Trinajstić information content (AvgIpc) is 3.26. The van der Waals surface area contributed by atoms with Gasteiger partial charge in [-0.2, -0.15) is 10.2 Å². The van der Waals surface area contributed by atoms with Gasteiger partial charge in [0.1, 0.15) is 0 Å². The van der Waals surface area contributed by atoms with Crippen LogP contribution in [0.15, 0.2) is 48.8 Å². The normalized spacial score (nSPS) is 13.2. The van der Waals surface area contributed by atoms with Gasteiger partial charge in [0.25, 0.3) is 0 Å². The lowest BCUT2D eigenvalue weighted by molar-refractivity contribution is -0.121. The Morgan fingerprint density at radius 3 is 2.93 bits per heavy atom. The summed E-state index contributed by atoms with van der Waals surface area (Å²) < 4.78 is 3.96. The second-order valence-electron chi connectivity index (χ2n) is 7.19. The number of nitrogens with one attached hydrogen (secondary N) is 2. The van der Waals surface area contributed by atoms with Gasteiger partial charge in [0.15, 0.2) is 0 Å². The predicted octanol–water partition coefficient (Wildman–Crippen LogP) is 2.29. The number of benzene rings is 1. The van der Waals surface area contributed by atoms with Crippen LogP contribution in [0.3, 0.4) is 0 Å². The number of carbonyl (C=O) groups is 1. The molecule has 0 fully saturated rings. The van der Waals surface area contributed by atoms with E-state index in [9.17, 15) is 4.79 Å². The molecule has 4 rings (SSSR count). The molecule has 0 atom stereocenters. The van der Waals surface area contributed by atoms with Crippen LogP contribution in [0.2, 0.25) is 0 Å². The molecule has 0 saturated heterocycles. The van der Waals surface area contributed by atoms with Gasteiger partial charge in [0.2, 0.25) is 5.91 Å². The molecule has 2 aromatic heterocycles. The van der Waals surface area contributed by atoms with Crippen molar-refractivity contribution < 1.29 is 4.79 Å². The lowest BCUT2D eigenvalue weighted by atomic mass is 10.2. The van der Waals surface area contributed by atoms with Crippen molar-refractivity contribution in [1.29, 1.82) is 0 Å². The molecule has 29 heavy (non-hydrogen) atoms. The van der Waals surface area contributed by atoms with E-state index in [0.29, 0.717) is 19.4 Å². The standard InChI is InChI=1S/C21H26N6O.ClH/c28-21(8-7-19-11-20-14-22-9-4-10-27(20)25-19)23-12-18-13-24-26(16-18)15-17-5-2-1-3-6-17;/h1-3,5-6,11,13,16,22H,4,7-10,12,14-15H2,(H,23,28);1H. The lowest BCUT2D eigenvalue weighted by Crippen LogP contribution is -2.22. The minimum absolute atomic E-state index is 0. The number of fused-ring (bicyclic) bond motifs is 1. The van der Waals surface area contributed by atoms with Crippen LogP contribution in [0.5, 0.6) is 0 Å².